The number of fused-ring (bicyclic) bond motifs is 1. The lowest BCUT2D eigenvalue weighted by Crippen LogP contribution is -2.25. The van der Waals surface area contributed by atoms with Crippen molar-refractivity contribution in [3.8, 4) is 5.75 Å². The van der Waals surface area contributed by atoms with Crippen LogP contribution in [0.5, 0.6) is 5.75 Å². The third-order valence-corrected chi connectivity index (χ3v) is 4.09. The van der Waals surface area contributed by atoms with Crippen LogP contribution in [0.4, 0.5) is 5.69 Å². The first-order valence-electron chi connectivity index (χ1n) is 7.30. The maximum absolute atomic E-state index is 12.7. The van der Waals surface area contributed by atoms with E-state index in [1.165, 1.54) is 7.11 Å². The van der Waals surface area contributed by atoms with Crippen LogP contribution in [0.15, 0.2) is 28.9 Å². The summed E-state index contributed by atoms with van der Waals surface area (Å²) in [6, 6.07) is 3.18. The Balaban J connectivity index is 2.05. The van der Waals surface area contributed by atoms with Crippen molar-refractivity contribution in [3.05, 3.63) is 51.2 Å². The number of benzene rings is 1. The fourth-order valence-corrected chi connectivity index (χ4v) is 2.87. The molecular formula is C16H13Cl2N3O4. The van der Waals surface area contributed by atoms with Crippen molar-refractivity contribution in [2.45, 2.75) is 13.3 Å². The molecule has 0 spiro atoms. The number of oxazole rings is 1. The van der Waals surface area contributed by atoms with Crippen molar-refractivity contribution >= 4 is 45.9 Å². The molecule has 2 heterocycles. The van der Waals surface area contributed by atoms with Gasteiger partial charge in [0.25, 0.3) is 5.91 Å². The van der Waals surface area contributed by atoms with Gasteiger partial charge in [-0.1, -0.05) is 30.1 Å². The van der Waals surface area contributed by atoms with Gasteiger partial charge >= 0.3 is 0 Å². The summed E-state index contributed by atoms with van der Waals surface area (Å²) in [5.74, 6) is 0.467. The molecule has 0 saturated carbocycles. The van der Waals surface area contributed by atoms with Crippen LogP contribution in [0.3, 0.4) is 0 Å². The van der Waals surface area contributed by atoms with Crippen molar-refractivity contribution in [2.24, 2.45) is 0 Å². The number of pyridine rings is 1. The standard InChI is InChI=1S/C16H13Cl2N3O4/c1-3-12-19-13-8(4-5-11(24-2)15(13)25-12)16(22)20-14-9(17)6-21(23)7-10(14)18/h4-7H,3H2,1-2H3,(H,20,22). The number of amides is 1. The molecule has 2 aromatic heterocycles. The average Bonchev–Trinajstić information content (AvgIpc) is 3.01. The number of hydrogen-bond donors (Lipinski definition) is 1. The molecule has 0 aliphatic heterocycles. The molecule has 0 unspecified atom stereocenters. The summed E-state index contributed by atoms with van der Waals surface area (Å²) in [6.45, 7) is 1.89. The highest BCUT2D eigenvalue weighted by atomic mass is 35.5. The zero-order valence-electron chi connectivity index (χ0n) is 13.3. The lowest BCUT2D eigenvalue weighted by Gasteiger charge is -2.09. The first-order valence-corrected chi connectivity index (χ1v) is 8.05. The van der Waals surface area contributed by atoms with E-state index in [0.717, 1.165) is 12.4 Å². The van der Waals surface area contributed by atoms with Crippen molar-refractivity contribution in [3.63, 3.8) is 0 Å². The number of hydrogen-bond acceptors (Lipinski definition) is 5. The van der Waals surface area contributed by atoms with Crippen molar-refractivity contribution < 1.29 is 18.7 Å². The number of methoxy groups -OCH3 is 1. The van der Waals surface area contributed by atoms with Gasteiger partial charge in [-0.25, -0.2) is 4.98 Å². The van der Waals surface area contributed by atoms with Crippen LogP contribution in [0.2, 0.25) is 10.0 Å². The summed E-state index contributed by atoms with van der Waals surface area (Å²) in [5, 5.41) is 13.9. The molecular weight excluding hydrogens is 369 g/mol. The lowest BCUT2D eigenvalue weighted by molar-refractivity contribution is -0.605. The molecule has 0 saturated heterocycles. The second-order valence-electron chi connectivity index (χ2n) is 5.10. The van der Waals surface area contributed by atoms with Gasteiger partial charge in [-0.2, -0.15) is 4.73 Å². The maximum atomic E-state index is 12.7. The van der Waals surface area contributed by atoms with Crippen LogP contribution in [-0.4, -0.2) is 18.0 Å². The Labute approximate surface area is 152 Å². The van der Waals surface area contributed by atoms with E-state index in [4.69, 9.17) is 32.4 Å². The molecule has 1 amide bonds. The predicted octanol–water partition coefficient (Wildman–Crippen LogP) is 3.59. The first-order chi connectivity index (χ1) is 11.9. The van der Waals surface area contributed by atoms with E-state index in [0.29, 0.717) is 33.9 Å². The molecule has 1 N–H and O–H groups in total. The van der Waals surface area contributed by atoms with Gasteiger partial charge in [0.2, 0.25) is 12.4 Å². The van der Waals surface area contributed by atoms with Gasteiger partial charge in [-0.05, 0) is 12.1 Å². The molecule has 9 heteroatoms. The smallest absolute Gasteiger partial charge is 0.258 e. The topological polar surface area (TPSA) is 91.3 Å². The third kappa shape index (κ3) is 3.20. The van der Waals surface area contributed by atoms with Crippen LogP contribution in [0.25, 0.3) is 11.1 Å². The number of carbonyl (C=O) groups excluding carboxylic acids is 1. The van der Waals surface area contributed by atoms with E-state index < -0.39 is 5.91 Å². The second kappa shape index (κ2) is 6.78. The lowest BCUT2D eigenvalue weighted by atomic mass is 10.1. The number of nitrogens with zero attached hydrogens (tertiary/aromatic N) is 2. The molecule has 0 bridgehead atoms. The number of halogens is 2. The largest absolute Gasteiger partial charge is 0.619 e. The fraction of sp³-hybridized carbons (Fsp3) is 0.188. The van der Waals surface area contributed by atoms with Gasteiger partial charge in [-0.15, -0.1) is 0 Å². The van der Waals surface area contributed by atoms with Gasteiger partial charge in [0.1, 0.15) is 15.6 Å². The Bertz CT molecular complexity index is 948. The highest BCUT2D eigenvalue weighted by molar-refractivity contribution is 6.39. The second-order valence-corrected chi connectivity index (χ2v) is 5.91. The summed E-state index contributed by atoms with van der Waals surface area (Å²) >= 11 is 12.0. The molecule has 0 fully saturated rings. The fourth-order valence-electron chi connectivity index (χ4n) is 2.33. The number of rotatable bonds is 4. The predicted molar refractivity (Wildman–Crippen MR) is 93.3 cm³/mol. The van der Waals surface area contributed by atoms with Crippen molar-refractivity contribution in [1.82, 2.24) is 4.98 Å². The van der Waals surface area contributed by atoms with E-state index >= 15 is 0 Å². The van der Waals surface area contributed by atoms with E-state index in [1.54, 1.807) is 12.1 Å². The summed E-state index contributed by atoms with van der Waals surface area (Å²) in [7, 11) is 1.50. The summed E-state index contributed by atoms with van der Waals surface area (Å²) in [5.41, 5.74) is 1.17. The van der Waals surface area contributed by atoms with E-state index in [-0.39, 0.29) is 21.3 Å². The molecule has 25 heavy (non-hydrogen) atoms. The molecule has 0 aliphatic rings. The molecule has 3 rings (SSSR count). The normalized spacial score (nSPS) is 10.9. The van der Waals surface area contributed by atoms with Gasteiger partial charge in [0.15, 0.2) is 17.2 Å². The van der Waals surface area contributed by atoms with Crippen molar-refractivity contribution in [1.29, 1.82) is 0 Å². The number of nitrogens with one attached hydrogen (secondary N) is 1. The van der Waals surface area contributed by atoms with Crippen LogP contribution >= 0.6 is 23.2 Å². The van der Waals surface area contributed by atoms with Gasteiger partial charge in [-0.3, -0.25) is 4.79 Å². The van der Waals surface area contributed by atoms with Gasteiger partial charge in [0, 0.05) is 6.42 Å². The van der Waals surface area contributed by atoms with E-state index in [2.05, 4.69) is 10.3 Å². The minimum Gasteiger partial charge on any atom is -0.619 e. The van der Waals surface area contributed by atoms with Crippen LogP contribution in [-0.2, 0) is 6.42 Å². The molecule has 130 valence electrons. The summed E-state index contributed by atoms with van der Waals surface area (Å²) in [6.07, 6.45) is 2.76. The number of carbonyl (C=O) groups is 1. The van der Waals surface area contributed by atoms with Crippen LogP contribution in [0.1, 0.15) is 23.2 Å². The number of aromatic nitrogens is 2. The zero-order chi connectivity index (χ0) is 18.1. The Morgan fingerprint density at radius 1 is 1.36 bits per heavy atom. The van der Waals surface area contributed by atoms with Crippen LogP contribution < -0.4 is 14.8 Å². The summed E-state index contributed by atoms with van der Waals surface area (Å²) in [4.78, 5) is 17.0. The monoisotopic (exact) mass is 381 g/mol. The number of ether oxygens (including phenoxy) is 1. The minimum absolute atomic E-state index is 0.0232. The SMILES string of the molecule is CCc1nc2c(C(=O)Nc3c(Cl)c[n+]([O-])cc3Cl)ccc(OC)c2o1. The summed E-state index contributed by atoms with van der Waals surface area (Å²) < 4.78 is 11.3. The quantitative estimate of drug-likeness (QED) is 0.550. The molecule has 7 nitrogen and oxygen atoms in total. The van der Waals surface area contributed by atoms with Crippen LogP contribution in [0, 0.1) is 5.21 Å². The minimum atomic E-state index is -0.490. The first kappa shape index (κ1) is 17.3. The molecule has 1 aromatic carbocycles. The van der Waals surface area contributed by atoms with Crippen molar-refractivity contribution in [2.75, 3.05) is 12.4 Å². The number of anilines is 1. The molecule has 0 radical (unpaired) electrons. The zero-order valence-corrected chi connectivity index (χ0v) is 14.8. The van der Waals surface area contributed by atoms with E-state index in [9.17, 15) is 10.0 Å². The van der Waals surface area contributed by atoms with E-state index in [1.807, 2.05) is 6.92 Å². The highest BCUT2D eigenvalue weighted by Gasteiger charge is 2.21. The number of aryl methyl sites for hydroxylation is 1. The highest BCUT2D eigenvalue weighted by Crippen LogP contribution is 2.32. The van der Waals surface area contributed by atoms with Gasteiger partial charge < -0.3 is 19.7 Å². The Morgan fingerprint density at radius 2 is 2.04 bits per heavy atom. The maximum Gasteiger partial charge on any atom is 0.258 e. The molecule has 0 aliphatic carbocycles. The van der Waals surface area contributed by atoms with Gasteiger partial charge in [0.05, 0.1) is 18.4 Å². The third-order valence-electron chi connectivity index (χ3n) is 3.52. The average molecular weight is 382 g/mol. The molecule has 3 aromatic rings. The Kier molecular flexibility index (Phi) is 4.69. The Morgan fingerprint density at radius 3 is 2.64 bits per heavy atom. The molecule has 0 atom stereocenters. The Hall–Kier alpha value is -2.51.